The van der Waals surface area contributed by atoms with Gasteiger partial charge in [0.1, 0.15) is 0 Å². The second-order valence-electron chi connectivity index (χ2n) is 2.48. The van der Waals surface area contributed by atoms with Gasteiger partial charge in [-0.3, -0.25) is 0 Å². The molecule has 2 aromatic rings. The Labute approximate surface area is 104 Å². The zero-order chi connectivity index (χ0) is 10.1. The van der Waals surface area contributed by atoms with Gasteiger partial charge in [-0.05, 0) is 18.2 Å². The van der Waals surface area contributed by atoms with Crippen LogP contribution in [0.1, 0.15) is 0 Å². The molecule has 0 amide bonds. The Bertz CT molecular complexity index is 472. The van der Waals surface area contributed by atoms with E-state index in [4.69, 9.17) is 27.6 Å². The Kier molecular flexibility index (Phi) is 2.94. The Balaban J connectivity index is 2.52. The quantitative estimate of drug-likeness (QED) is 0.744. The van der Waals surface area contributed by atoms with Crippen LogP contribution in [0.2, 0.25) is 10.0 Å². The van der Waals surface area contributed by atoms with E-state index in [1.54, 1.807) is 18.2 Å². The second-order valence-corrected chi connectivity index (χ2v) is 4.25. The Morgan fingerprint density at radius 2 is 2.00 bits per heavy atom. The van der Waals surface area contributed by atoms with E-state index in [1.165, 1.54) is 0 Å². The van der Waals surface area contributed by atoms with Crippen LogP contribution in [-0.2, 0) is 0 Å². The van der Waals surface area contributed by atoms with Crippen LogP contribution >= 0.6 is 45.8 Å². The molecular formula is C8H3Cl2IN2O. The van der Waals surface area contributed by atoms with E-state index >= 15 is 0 Å². The van der Waals surface area contributed by atoms with Gasteiger partial charge in [0.05, 0.1) is 10.6 Å². The van der Waals surface area contributed by atoms with Gasteiger partial charge < -0.3 is 4.42 Å². The molecule has 6 heteroatoms. The second kappa shape index (κ2) is 4.04. The first kappa shape index (κ1) is 10.2. The van der Waals surface area contributed by atoms with Gasteiger partial charge in [-0.2, -0.15) is 0 Å². The summed E-state index contributed by atoms with van der Waals surface area (Å²) in [5, 5.41) is 8.63. The van der Waals surface area contributed by atoms with Gasteiger partial charge in [-0.15, -0.1) is 10.2 Å². The largest absolute Gasteiger partial charge is 0.412 e. The topological polar surface area (TPSA) is 38.9 Å². The summed E-state index contributed by atoms with van der Waals surface area (Å²) in [7, 11) is 0. The maximum absolute atomic E-state index is 5.96. The van der Waals surface area contributed by atoms with E-state index < -0.39 is 0 Å². The molecule has 14 heavy (non-hydrogen) atoms. The molecule has 0 unspecified atom stereocenters. The zero-order valence-electron chi connectivity index (χ0n) is 6.67. The lowest BCUT2D eigenvalue weighted by Crippen LogP contribution is -1.79. The average molecular weight is 341 g/mol. The van der Waals surface area contributed by atoms with Crippen LogP contribution in [0.25, 0.3) is 11.5 Å². The summed E-state index contributed by atoms with van der Waals surface area (Å²) >= 11 is 13.7. The highest BCUT2D eigenvalue weighted by Gasteiger charge is 2.10. The van der Waals surface area contributed by atoms with Gasteiger partial charge in [0.25, 0.3) is 3.90 Å². The van der Waals surface area contributed by atoms with E-state index in [0.717, 1.165) is 0 Å². The fraction of sp³-hybridized carbons (Fsp3) is 0. The lowest BCUT2D eigenvalue weighted by molar-refractivity contribution is 0.537. The predicted octanol–water partition coefficient (Wildman–Crippen LogP) is 3.65. The molecule has 0 saturated heterocycles. The molecule has 0 radical (unpaired) electrons. The van der Waals surface area contributed by atoms with Gasteiger partial charge in [0.2, 0.25) is 5.89 Å². The molecule has 1 aromatic carbocycles. The van der Waals surface area contributed by atoms with Crippen molar-refractivity contribution in [1.29, 1.82) is 0 Å². The van der Waals surface area contributed by atoms with Crippen LogP contribution in [0.4, 0.5) is 0 Å². The SMILES string of the molecule is Clc1ccc(-c2nnc(I)o2)c(Cl)c1. The van der Waals surface area contributed by atoms with Gasteiger partial charge in [-0.25, -0.2) is 0 Å². The Morgan fingerprint density at radius 3 is 2.57 bits per heavy atom. The van der Waals surface area contributed by atoms with Crippen LogP contribution in [0, 0.1) is 3.90 Å². The molecule has 3 nitrogen and oxygen atoms in total. The van der Waals surface area contributed by atoms with Crippen molar-refractivity contribution in [3.05, 3.63) is 32.1 Å². The summed E-state index contributed by atoms with van der Waals surface area (Å²) in [6.07, 6.45) is 0. The molecule has 0 saturated carbocycles. The van der Waals surface area contributed by atoms with Gasteiger partial charge >= 0.3 is 0 Å². The number of halogens is 3. The highest BCUT2D eigenvalue weighted by atomic mass is 127. The summed E-state index contributed by atoms with van der Waals surface area (Å²) in [6.45, 7) is 0. The summed E-state index contributed by atoms with van der Waals surface area (Å²) in [6, 6.07) is 5.10. The van der Waals surface area contributed by atoms with E-state index in [1.807, 2.05) is 22.6 Å². The van der Waals surface area contributed by atoms with Crippen LogP contribution in [0.5, 0.6) is 0 Å². The molecule has 0 aliphatic carbocycles. The van der Waals surface area contributed by atoms with Gasteiger partial charge in [0, 0.05) is 27.6 Å². The number of aromatic nitrogens is 2. The first-order valence-electron chi connectivity index (χ1n) is 3.61. The molecule has 0 atom stereocenters. The van der Waals surface area contributed by atoms with E-state index in [2.05, 4.69) is 10.2 Å². The van der Waals surface area contributed by atoms with Crippen molar-refractivity contribution < 1.29 is 4.42 Å². The first-order chi connectivity index (χ1) is 6.66. The average Bonchev–Trinajstić information content (AvgIpc) is 2.51. The number of nitrogens with zero attached hydrogens (tertiary/aromatic N) is 2. The molecule has 0 bridgehead atoms. The lowest BCUT2D eigenvalue weighted by Gasteiger charge is -1.98. The molecule has 0 aliphatic rings. The molecule has 1 heterocycles. The molecule has 0 aliphatic heterocycles. The molecule has 2 rings (SSSR count). The van der Waals surface area contributed by atoms with Gasteiger partial charge in [-0.1, -0.05) is 23.2 Å². The minimum atomic E-state index is 0.399. The molecule has 0 fully saturated rings. The lowest BCUT2D eigenvalue weighted by atomic mass is 10.2. The van der Waals surface area contributed by atoms with Crippen molar-refractivity contribution in [1.82, 2.24) is 10.2 Å². The summed E-state index contributed by atoms with van der Waals surface area (Å²) in [5.74, 6) is 0.399. The van der Waals surface area contributed by atoms with Crippen molar-refractivity contribution in [2.24, 2.45) is 0 Å². The minimum absolute atomic E-state index is 0.399. The zero-order valence-corrected chi connectivity index (χ0v) is 10.3. The highest BCUT2D eigenvalue weighted by molar-refractivity contribution is 14.1. The van der Waals surface area contributed by atoms with E-state index in [9.17, 15) is 0 Å². The first-order valence-corrected chi connectivity index (χ1v) is 5.45. The third-order valence-corrected chi connectivity index (χ3v) is 2.55. The summed E-state index contributed by atoms with van der Waals surface area (Å²) in [5.41, 5.74) is 0.687. The molecule has 1 aromatic heterocycles. The normalized spacial score (nSPS) is 10.5. The molecule has 0 spiro atoms. The van der Waals surface area contributed by atoms with Crippen molar-refractivity contribution in [2.45, 2.75) is 0 Å². The molecule has 72 valence electrons. The van der Waals surface area contributed by atoms with Crippen LogP contribution in [0.3, 0.4) is 0 Å². The maximum Gasteiger partial charge on any atom is 0.278 e. The number of benzene rings is 1. The Hall–Kier alpha value is -0.330. The monoisotopic (exact) mass is 340 g/mol. The minimum Gasteiger partial charge on any atom is -0.412 e. The summed E-state index contributed by atoms with van der Waals surface area (Å²) in [4.78, 5) is 0. The molecule has 0 N–H and O–H groups in total. The number of hydrogen-bond acceptors (Lipinski definition) is 3. The van der Waals surface area contributed by atoms with E-state index in [-0.39, 0.29) is 0 Å². The Morgan fingerprint density at radius 1 is 1.21 bits per heavy atom. The summed E-state index contributed by atoms with van der Waals surface area (Å²) < 4.78 is 5.70. The van der Waals surface area contributed by atoms with Crippen molar-refractivity contribution in [2.75, 3.05) is 0 Å². The van der Waals surface area contributed by atoms with Crippen molar-refractivity contribution >= 4 is 45.8 Å². The fourth-order valence-electron chi connectivity index (χ4n) is 0.977. The molecular weight excluding hydrogens is 338 g/mol. The maximum atomic E-state index is 5.96. The van der Waals surface area contributed by atoms with Crippen molar-refractivity contribution in [3.63, 3.8) is 0 Å². The number of hydrogen-bond donors (Lipinski definition) is 0. The fourth-order valence-corrected chi connectivity index (χ4v) is 1.78. The third-order valence-electron chi connectivity index (χ3n) is 1.56. The van der Waals surface area contributed by atoms with Crippen molar-refractivity contribution in [3.8, 4) is 11.5 Å². The highest BCUT2D eigenvalue weighted by Crippen LogP contribution is 2.29. The number of rotatable bonds is 1. The van der Waals surface area contributed by atoms with Crippen LogP contribution < -0.4 is 0 Å². The van der Waals surface area contributed by atoms with Crippen LogP contribution in [-0.4, -0.2) is 10.2 Å². The third kappa shape index (κ3) is 2.02. The van der Waals surface area contributed by atoms with E-state index in [0.29, 0.717) is 25.4 Å². The smallest absolute Gasteiger partial charge is 0.278 e. The standard InChI is InChI=1S/C8H3Cl2IN2O/c9-4-1-2-5(6(10)3-4)7-12-13-8(11)14-7/h1-3H. The van der Waals surface area contributed by atoms with Gasteiger partial charge in [0.15, 0.2) is 0 Å². The predicted molar refractivity (Wildman–Crippen MR) is 62.5 cm³/mol. The van der Waals surface area contributed by atoms with Crippen LogP contribution in [0.15, 0.2) is 22.6 Å².